The molecule has 7 N–H and O–H groups in total. The highest BCUT2D eigenvalue weighted by molar-refractivity contribution is 8.04. The first-order valence-electron chi connectivity index (χ1n) is 7.35. The highest BCUT2D eigenvalue weighted by Crippen LogP contribution is 2.41. The molecule has 0 aromatic heterocycles. The topological polar surface area (TPSA) is 185 Å². The van der Waals surface area contributed by atoms with Crippen LogP contribution in [0.2, 0.25) is 0 Å². The fraction of sp³-hybridized carbons (Fsp3) is 0.917. The minimum Gasteiger partial charge on any atom is -0.478 e. The first-order chi connectivity index (χ1) is 11.5. The van der Waals surface area contributed by atoms with Crippen LogP contribution in [0.15, 0.2) is 0 Å². The number of thioether (sulfide) groups is 2. The van der Waals surface area contributed by atoms with Crippen molar-refractivity contribution in [1.29, 1.82) is 0 Å². The molecular weight excluding hydrogens is 399 g/mol. The summed E-state index contributed by atoms with van der Waals surface area (Å²) in [6, 6.07) is 0. The molecule has 0 unspecified atom stereocenters. The Morgan fingerprint density at radius 2 is 1.96 bits per heavy atom. The molecule has 0 saturated carbocycles. The number of carboxylic acids is 1. The summed E-state index contributed by atoms with van der Waals surface area (Å²) >= 11 is 1.89. The van der Waals surface area contributed by atoms with Gasteiger partial charge in [-0.15, -0.1) is 23.5 Å². The Hall–Kier alpha value is 0.120. The second-order valence-corrected chi connectivity index (χ2v) is 10.1. The molecule has 0 bridgehead atoms. The third-order valence-corrected chi connectivity index (χ3v) is 7.50. The second kappa shape index (κ2) is 9.88. The van der Waals surface area contributed by atoms with Crippen LogP contribution < -0.4 is 0 Å². The fourth-order valence-electron chi connectivity index (χ4n) is 2.24. The van der Waals surface area contributed by atoms with E-state index in [9.17, 15) is 29.8 Å². The maximum absolute atomic E-state index is 11.6. The first kappa shape index (κ1) is 23.2. The zero-order valence-corrected chi connectivity index (χ0v) is 15.7. The Kier molecular flexibility index (Phi) is 9.15. The van der Waals surface area contributed by atoms with Crippen molar-refractivity contribution >= 4 is 37.1 Å². The van der Waals surface area contributed by atoms with Crippen LogP contribution in [0.3, 0.4) is 0 Å². The Bertz CT molecular complexity index is 489. The molecule has 1 fully saturated rings. The molecule has 0 aliphatic carbocycles. The molecule has 0 aromatic carbocycles. The molecule has 0 aromatic rings. The Morgan fingerprint density at radius 1 is 1.32 bits per heavy atom. The lowest BCUT2D eigenvalue weighted by molar-refractivity contribution is -0.221. The summed E-state index contributed by atoms with van der Waals surface area (Å²) in [5.41, 5.74) is -0.325. The van der Waals surface area contributed by atoms with Crippen molar-refractivity contribution in [2.45, 2.75) is 42.2 Å². The molecule has 148 valence electrons. The van der Waals surface area contributed by atoms with Crippen molar-refractivity contribution in [2.24, 2.45) is 0 Å². The molecule has 1 saturated heterocycles. The number of hydrogen-bond acceptors (Lipinski definition) is 9. The Morgan fingerprint density at radius 3 is 2.48 bits per heavy atom. The number of hydrogen-bond donors (Lipinski definition) is 7. The van der Waals surface area contributed by atoms with Gasteiger partial charge >= 0.3 is 13.6 Å². The van der Waals surface area contributed by atoms with E-state index in [2.05, 4.69) is 0 Å². The largest absolute Gasteiger partial charge is 0.478 e. The van der Waals surface area contributed by atoms with Gasteiger partial charge < -0.3 is 40.1 Å². The molecule has 1 aliphatic heterocycles. The predicted octanol–water partition coefficient (Wildman–Crippen LogP) is -1.38. The van der Waals surface area contributed by atoms with Gasteiger partial charge in [-0.1, -0.05) is 0 Å². The van der Waals surface area contributed by atoms with Gasteiger partial charge in [-0.25, -0.2) is 4.79 Å². The van der Waals surface area contributed by atoms with E-state index in [0.717, 1.165) is 23.5 Å². The van der Waals surface area contributed by atoms with Gasteiger partial charge in [0.1, 0.15) is 18.3 Å². The normalized spacial score (nSPS) is 31.7. The molecule has 25 heavy (non-hydrogen) atoms. The number of rotatable bonds is 10. The molecular formula is C12H23O10PS2. The smallest absolute Gasteiger partial charge is 0.346 e. The van der Waals surface area contributed by atoms with E-state index in [0.29, 0.717) is 12.2 Å². The molecule has 0 amide bonds. The van der Waals surface area contributed by atoms with Crippen molar-refractivity contribution in [2.75, 3.05) is 23.6 Å². The average Bonchev–Trinajstić information content (AvgIpc) is 2.51. The maximum atomic E-state index is 11.6. The van der Waals surface area contributed by atoms with E-state index in [4.69, 9.17) is 19.6 Å². The van der Waals surface area contributed by atoms with Crippen LogP contribution in [0, 0.1) is 0 Å². The van der Waals surface area contributed by atoms with Gasteiger partial charge in [-0.3, -0.25) is 4.57 Å². The van der Waals surface area contributed by atoms with E-state index in [1.807, 2.05) is 0 Å². The molecule has 1 rings (SSSR count). The molecule has 13 heteroatoms. The fourth-order valence-corrected chi connectivity index (χ4v) is 5.45. The van der Waals surface area contributed by atoms with Crippen molar-refractivity contribution in [3.63, 3.8) is 0 Å². The Labute approximate surface area is 152 Å². The van der Waals surface area contributed by atoms with E-state index in [-0.39, 0.29) is 11.2 Å². The monoisotopic (exact) mass is 422 g/mol. The molecule has 10 nitrogen and oxygen atoms in total. The van der Waals surface area contributed by atoms with Crippen LogP contribution in [0.5, 0.6) is 0 Å². The number of aliphatic hydroxyl groups is 4. The van der Waals surface area contributed by atoms with Gasteiger partial charge in [0.2, 0.25) is 4.93 Å². The molecule has 0 spiro atoms. The molecule has 5 atom stereocenters. The number of carboxylic acid groups (broad SMARTS) is 1. The van der Waals surface area contributed by atoms with Gasteiger partial charge in [-0.05, 0) is 17.9 Å². The lowest BCUT2D eigenvalue weighted by Crippen LogP contribution is -2.60. The van der Waals surface area contributed by atoms with E-state index in [1.54, 1.807) is 0 Å². The molecule has 1 aliphatic rings. The summed E-state index contributed by atoms with van der Waals surface area (Å²) in [4.78, 5) is 27.2. The van der Waals surface area contributed by atoms with E-state index in [1.165, 1.54) is 0 Å². The van der Waals surface area contributed by atoms with Gasteiger partial charge in [0.05, 0.1) is 18.2 Å². The first-order valence-corrected chi connectivity index (χ1v) is 11.3. The van der Waals surface area contributed by atoms with Crippen LogP contribution >= 0.6 is 31.1 Å². The van der Waals surface area contributed by atoms with Crippen molar-refractivity contribution in [3.05, 3.63) is 0 Å². The third kappa shape index (κ3) is 6.98. The molecule has 0 radical (unpaired) electrons. The quantitative estimate of drug-likeness (QED) is 0.162. The third-order valence-electron chi connectivity index (χ3n) is 3.45. The summed E-state index contributed by atoms with van der Waals surface area (Å²) in [5.74, 6) is -0.742. The summed E-state index contributed by atoms with van der Waals surface area (Å²) in [6.45, 7) is -0.770. The predicted molar refractivity (Wildman–Crippen MR) is 91.4 cm³/mol. The van der Waals surface area contributed by atoms with Crippen molar-refractivity contribution < 1.29 is 49.4 Å². The van der Waals surface area contributed by atoms with Gasteiger partial charge in [0.25, 0.3) is 0 Å². The van der Waals surface area contributed by atoms with Crippen molar-refractivity contribution in [3.8, 4) is 0 Å². The zero-order valence-electron chi connectivity index (χ0n) is 13.2. The summed E-state index contributed by atoms with van der Waals surface area (Å²) < 4.78 is 16.1. The average molecular weight is 422 g/mol. The van der Waals surface area contributed by atoms with Crippen LogP contribution in [0.25, 0.3) is 0 Å². The minimum atomic E-state index is -4.08. The second-order valence-electron chi connectivity index (χ2n) is 5.56. The highest BCUT2D eigenvalue weighted by Gasteiger charge is 2.53. The minimum absolute atomic E-state index is 0.255. The van der Waals surface area contributed by atoms with Crippen LogP contribution in [-0.4, -0.2) is 94.2 Å². The van der Waals surface area contributed by atoms with Gasteiger partial charge in [0.15, 0.2) is 0 Å². The van der Waals surface area contributed by atoms with Crippen LogP contribution in [-0.2, 0) is 14.1 Å². The number of aliphatic carboxylic acids is 1. The highest BCUT2D eigenvalue weighted by atomic mass is 32.2. The van der Waals surface area contributed by atoms with Gasteiger partial charge in [-0.2, -0.15) is 0 Å². The van der Waals surface area contributed by atoms with Crippen LogP contribution in [0.1, 0.15) is 12.8 Å². The molecule has 1 heterocycles. The van der Waals surface area contributed by atoms with Crippen LogP contribution in [0.4, 0.5) is 0 Å². The van der Waals surface area contributed by atoms with E-state index >= 15 is 0 Å². The lowest BCUT2D eigenvalue weighted by Gasteiger charge is -2.43. The summed E-state index contributed by atoms with van der Waals surface area (Å²) in [6.07, 6.45) is -5.97. The van der Waals surface area contributed by atoms with E-state index < -0.39 is 55.9 Å². The maximum Gasteiger partial charge on any atom is 0.346 e. The number of aliphatic hydroxyl groups excluding tert-OH is 4. The summed E-state index contributed by atoms with van der Waals surface area (Å²) in [5, 5.41) is 47.9. The summed E-state index contributed by atoms with van der Waals surface area (Å²) in [7, 11) is -4.08. The standard InChI is InChI=1S/C12H23O10PS2/c13-5-8(15)10-9(16)7(14)4-12(22-10,11(17)18)25-3-1-2-24-6-23(19,20)21/h7-10,13-16H,1-6H2,(H,17,18)(H2,19,20,21)/t7-,8-,9-,10-,12-/m1/s1. The van der Waals surface area contributed by atoms with Crippen molar-refractivity contribution in [1.82, 2.24) is 0 Å². The number of carbonyl (C=O) groups is 1. The van der Waals surface area contributed by atoms with Gasteiger partial charge in [0, 0.05) is 6.42 Å². The lowest BCUT2D eigenvalue weighted by atomic mass is 9.94. The Balaban J connectivity index is 2.64. The SMILES string of the molecule is O=C(O)[C@]1(SCCCSCP(=O)(O)O)C[C@@H](O)[C@@H](O)[C@@H]([C@H](O)CO)O1. The number of ether oxygens (including phenoxy) is 1. The zero-order chi connectivity index (χ0) is 19.3.